The number of rotatable bonds is 3. The minimum Gasteiger partial charge on any atom is -0.358 e. The van der Waals surface area contributed by atoms with Gasteiger partial charge in [0.1, 0.15) is 0 Å². The van der Waals surface area contributed by atoms with Gasteiger partial charge >= 0.3 is 0 Å². The smallest absolute Gasteiger partial charge is 0.0617 e. The van der Waals surface area contributed by atoms with Gasteiger partial charge in [-0.25, -0.2) is 0 Å². The van der Waals surface area contributed by atoms with Gasteiger partial charge in [0.25, 0.3) is 0 Å². The van der Waals surface area contributed by atoms with Crippen LogP contribution >= 0.6 is 23.2 Å². The molecule has 0 saturated heterocycles. The fraction of sp³-hybridized carbons (Fsp3) is 0.333. The molecular weight excluding hydrogens is 229 g/mol. The molecule has 0 amide bonds. The van der Waals surface area contributed by atoms with Crippen LogP contribution < -0.4 is 0 Å². The van der Waals surface area contributed by atoms with Gasteiger partial charge in [0.2, 0.25) is 0 Å². The van der Waals surface area contributed by atoms with Gasteiger partial charge in [-0.1, -0.05) is 18.2 Å². The zero-order valence-corrected chi connectivity index (χ0v) is 10.1. The highest BCUT2D eigenvalue weighted by atomic mass is 35.5. The van der Waals surface area contributed by atoms with Crippen molar-refractivity contribution >= 4 is 34.1 Å². The number of benzene rings is 1. The van der Waals surface area contributed by atoms with Crippen LogP contribution in [-0.2, 0) is 0 Å². The van der Waals surface area contributed by atoms with Gasteiger partial charge in [-0.15, -0.1) is 23.2 Å². The van der Waals surface area contributed by atoms with Crippen LogP contribution in [0.15, 0.2) is 24.3 Å². The Kier molecular flexibility index (Phi) is 3.22. The third-order valence-corrected chi connectivity index (χ3v) is 3.19. The quantitative estimate of drug-likeness (QED) is 0.768. The molecule has 1 atom stereocenters. The van der Waals surface area contributed by atoms with E-state index in [0.717, 1.165) is 23.2 Å². The Morgan fingerprint density at radius 1 is 1.40 bits per heavy atom. The zero-order chi connectivity index (χ0) is 10.8. The lowest BCUT2D eigenvalue weighted by atomic mass is 10.1. The second-order valence-corrected chi connectivity index (χ2v) is 4.61. The van der Waals surface area contributed by atoms with Crippen LogP contribution in [0.2, 0.25) is 0 Å². The molecule has 0 aliphatic heterocycles. The minimum absolute atomic E-state index is 0.00995. The summed E-state index contributed by atoms with van der Waals surface area (Å²) in [5.74, 6) is 0.588. The summed E-state index contributed by atoms with van der Waals surface area (Å²) < 4.78 is 0. The van der Waals surface area contributed by atoms with E-state index in [1.807, 2.05) is 6.07 Å². The van der Waals surface area contributed by atoms with Gasteiger partial charge in [-0.05, 0) is 30.4 Å². The van der Waals surface area contributed by atoms with Crippen LogP contribution in [0.25, 0.3) is 10.9 Å². The largest absolute Gasteiger partial charge is 0.358 e. The second-order valence-electron chi connectivity index (χ2n) is 3.71. The van der Waals surface area contributed by atoms with Gasteiger partial charge in [-0.2, -0.15) is 0 Å². The highest BCUT2D eigenvalue weighted by Gasteiger charge is 2.11. The summed E-state index contributed by atoms with van der Waals surface area (Å²) in [6, 6.07) is 8.31. The summed E-state index contributed by atoms with van der Waals surface area (Å²) in [5.41, 5.74) is 3.44. The van der Waals surface area contributed by atoms with E-state index in [2.05, 4.69) is 30.1 Å². The Bertz CT molecular complexity index is 462. The van der Waals surface area contributed by atoms with E-state index in [1.54, 1.807) is 0 Å². The normalized spacial score (nSPS) is 13.3. The summed E-state index contributed by atoms with van der Waals surface area (Å²) in [6.07, 6.45) is 0.792. The van der Waals surface area contributed by atoms with E-state index in [9.17, 15) is 0 Å². The van der Waals surface area contributed by atoms with Crippen molar-refractivity contribution in [3.63, 3.8) is 0 Å². The van der Waals surface area contributed by atoms with Crippen LogP contribution in [0.4, 0.5) is 0 Å². The Hall–Kier alpha value is -0.660. The van der Waals surface area contributed by atoms with Crippen molar-refractivity contribution in [3.05, 3.63) is 35.5 Å². The number of alkyl halides is 2. The third-order valence-electron chi connectivity index (χ3n) is 2.52. The Morgan fingerprint density at radius 3 is 2.93 bits per heavy atom. The molecule has 1 aromatic carbocycles. The molecule has 0 spiro atoms. The molecule has 0 bridgehead atoms. The van der Waals surface area contributed by atoms with Gasteiger partial charge in [0.05, 0.1) is 10.9 Å². The first kappa shape index (κ1) is 10.8. The van der Waals surface area contributed by atoms with Crippen LogP contribution in [-0.4, -0.2) is 10.9 Å². The van der Waals surface area contributed by atoms with Crippen molar-refractivity contribution < 1.29 is 0 Å². The highest BCUT2D eigenvalue weighted by molar-refractivity contribution is 6.23. The van der Waals surface area contributed by atoms with Crippen LogP contribution in [0.1, 0.15) is 23.1 Å². The fourth-order valence-corrected chi connectivity index (χ4v) is 2.45. The van der Waals surface area contributed by atoms with E-state index in [0.29, 0.717) is 5.88 Å². The van der Waals surface area contributed by atoms with Crippen LogP contribution in [0.5, 0.6) is 0 Å². The molecule has 1 heterocycles. The number of hydrogen-bond donors (Lipinski definition) is 1. The first-order chi connectivity index (χ1) is 7.22. The van der Waals surface area contributed by atoms with E-state index in [1.165, 1.54) is 5.39 Å². The number of aryl methyl sites for hydroxylation is 1. The molecule has 0 aliphatic carbocycles. The lowest BCUT2D eigenvalue weighted by molar-refractivity contribution is 0.895. The molecule has 0 saturated carbocycles. The monoisotopic (exact) mass is 241 g/mol. The maximum Gasteiger partial charge on any atom is 0.0617 e. The number of fused-ring (bicyclic) bond motifs is 1. The van der Waals surface area contributed by atoms with Crippen LogP contribution in [0.3, 0.4) is 0 Å². The molecule has 3 heteroatoms. The summed E-state index contributed by atoms with van der Waals surface area (Å²) in [4.78, 5) is 3.34. The molecule has 0 radical (unpaired) electrons. The molecule has 1 nitrogen and oxygen atoms in total. The van der Waals surface area contributed by atoms with Gasteiger partial charge in [0, 0.05) is 11.6 Å². The third kappa shape index (κ3) is 2.14. The number of nitrogens with one attached hydrogen (secondary N) is 1. The fourth-order valence-electron chi connectivity index (χ4n) is 1.83. The number of hydrogen-bond acceptors (Lipinski definition) is 0. The van der Waals surface area contributed by atoms with E-state index in [-0.39, 0.29) is 5.38 Å². The lowest BCUT2D eigenvalue weighted by Gasteiger charge is -2.08. The number of halogens is 2. The summed E-state index contributed by atoms with van der Waals surface area (Å²) in [5, 5.41) is 1.20. The predicted molar refractivity (Wildman–Crippen MR) is 67.0 cm³/mol. The number of aromatic amines is 1. The second kappa shape index (κ2) is 4.46. The maximum absolute atomic E-state index is 6.29. The molecule has 1 aromatic heterocycles. The van der Waals surface area contributed by atoms with Crippen molar-refractivity contribution in [2.24, 2.45) is 0 Å². The highest BCUT2D eigenvalue weighted by Crippen LogP contribution is 2.30. The topological polar surface area (TPSA) is 15.8 Å². The average molecular weight is 242 g/mol. The predicted octanol–water partition coefficient (Wildman–Crippen LogP) is 4.39. The Labute approximate surface area is 99.4 Å². The zero-order valence-electron chi connectivity index (χ0n) is 8.56. The summed E-state index contributed by atoms with van der Waals surface area (Å²) >= 11 is 12.0. The minimum atomic E-state index is -0.00995. The molecule has 0 fully saturated rings. The van der Waals surface area contributed by atoms with Crippen molar-refractivity contribution in [3.8, 4) is 0 Å². The number of para-hydroxylation sites is 1. The van der Waals surface area contributed by atoms with Crippen molar-refractivity contribution in [2.45, 2.75) is 18.7 Å². The lowest BCUT2D eigenvalue weighted by Crippen LogP contribution is -1.92. The van der Waals surface area contributed by atoms with Crippen molar-refractivity contribution in [1.29, 1.82) is 0 Å². The van der Waals surface area contributed by atoms with Gasteiger partial charge < -0.3 is 4.98 Å². The Morgan fingerprint density at radius 2 is 2.20 bits per heavy atom. The molecule has 2 aromatic rings. The number of aromatic nitrogens is 1. The molecule has 0 aliphatic rings. The summed E-state index contributed by atoms with van der Waals surface area (Å²) in [6.45, 7) is 2.05. The van der Waals surface area contributed by atoms with E-state index < -0.39 is 0 Å². The van der Waals surface area contributed by atoms with Gasteiger partial charge in [-0.3, -0.25) is 0 Å². The standard InChI is InChI=1S/C12H13Cl2N/c1-8-7-9-3-2-4-10(12(9)15-8)11(14)5-6-13/h2-4,7,11,15H,5-6H2,1H3. The van der Waals surface area contributed by atoms with Crippen LogP contribution in [0, 0.1) is 6.92 Å². The first-order valence-electron chi connectivity index (χ1n) is 5.00. The number of H-pyrrole nitrogens is 1. The molecule has 1 N–H and O–H groups in total. The maximum atomic E-state index is 6.29. The first-order valence-corrected chi connectivity index (χ1v) is 5.97. The van der Waals surface area contributed by atoms with Crippen molar-refractivity contribution in [2.75, 3.05) is 5.88 Å². The van der Waals surface area contributed by atoms with Crippen molar-refractivity contribution in [1.82, 2.24) is 4.98 Å². The SMILES string of the molecule is Cc1cc2cccc(C(Cl)CCCl)c2[nH]1. The molecular formula is C12H13Cl2N. The molecule has 80 valence electrons. The molecule has 1 unspecified atom stereocenters. The van der Waals surface area contributed by atoms with Gasteiger partial charge in [0.15, 0.2) is 0 Å². The Balaban J connectivity index is 2.50. The van der Waals surface area contributed by atoms with E-state index in [4.69, 9.17) is 23.2 Å². The molecule has 15 heavy (non-hydrogen) atoms. The van der Waals surface area contributed by atoms with E-state index >= 15 is 0 Å². The average Bonchev–Trinajstić information content (AvgIpc) is 2.57. The summed E-state index contributed by atoms with van der Waals surface area (Å²) in [7, 11) is 0. The molecule has 2 rings (SSSR count).